The fraction of sp³-hybridized carbons (Fsp3) is 0.618. The van der Waals surface area contributed by atoms with Crippen molar-refractivity contribution >= 4 is 39.8 Å². The van der Waals surface area contributed by atoms with Gasteiger partial charge in [-0.1, -0.05) is 6.08 Å². The lowest BCUT2D eigenvalue weighted by Gasteiger charge is -2.30. The second-order valence-corrected chi connectivity index (χ2v) is 15.7. The van der Waals surface area contributed by atoms with Gasteiger partial charge >= 0.3 is 12.1 Å². The van der Waals surface area contributed by atoms with Crippen molar-refractivity contribution < 1.29 is 56.1 Å². The lowest BCUT2D eigenvalue weighted by atomic mass is 10.1. The van der Waals surface area contributed by atoms with Gasteiger partial charge in [-0.3, -0.25) is 19.1 Å². The molecule has 1 aliphatic heterocycles. The van der Waals surface area contributed by atoms with Crippen LogP contribution in [-0.4, -0.2) is 112 Å². The molecule has 2 saturated carbocycles. The van der Waals surface area contributed by atoms with Crippen molar-refractivity contribution in [3.63, 3.8) is 0 Å². The average molecular weight is 737 g/mol. The van der Waals surface area contributed by atoms with Gasteiger partial charge in [-0.05, 0) is 71.4 Å². The number of carbonyl (C=O) groups is 5. The van der Waals surface area contributed by atoms with E-state index in [9.17, 15) is 32.4 Å². The number of benzene rings is 1. The smallest absolute Gasteiger partial charge is 0.408 e. The van der Waals surface area contributed by atoms with Crippen LogP contribution in [-0.2, 0) is 38.6 Å². The van der Waals surface area contributed by atoms with E-state index in [0.717, 1.165) is 0 Å². The van der Waals surface area contributed by atoms with E-state index >= 15 is 0 Å². The topological polar surface area (TPSA) is 205 Å². The van der Waals surface area contributed by atoms with Crippen molar-refractivity contribution in [1.82, 2.24) is 20.3 Å². The average Bonchev–Trinajstić information content (AvgIpc) is 4.00. The molecule has 4 rings (SSSR count). The van der Waals surface area contributed by atoms with Gasteiger partial charge in [-0.2, -0.15) is 0 Å². The van der Waals surface area contributed by atoms with Gasteiger partial charge in [0.1, 0.15) is 46.4 Å². The van der Waals surface area contributed by atoms with Gasteiger partial charge in [0.2, 0.25) is 21.8 Å². The molecule has 1 aromatic carbocycles. The molecular formula is C34H48N4O12S. The number of alkyl carbamates (subject to hydrolysis) is 1. The Kier molecular flexibility index (Phi) is 12.6. The third-order valence-electron chi connectivity index (χ3n) is 8.50. The van der Waals surface area contributed by atoms with Crippen LogP contribution < -0.4 is 24.8 Å². The molecule has 3 atom stereocenters. The monoisotopic (exact) mass is 736 g/mol. The Morgan fingerprint density at radius 3 is 2.39 bits per heavy atom. The molecule has 1 saturated heterocycles. The summed E-state index contributed by atoms with van der Waals surface area (Å²) in [4.78, 5) is 68.6. The van der Waals surface area contributed by atoms with Crippen LogP contribution in [0.4, 0.5) is 4.79 Å². The van der Waals surface area contributed by atoms with Crippen LogP contribution in [0.3, 0.4) is 0 Å². The van der Waals surface area contributed by atoms with E-state index in [2.05, 4.69) is 21.9 Å². The number of nitrogens with one attached hydrogen (secondary N) is 3. The van der Waals surface area contributed by atoms with Gasteiger partial charge in [-0.15, -0.1) is 6.58 Å². The quantitative estimate of drug-likeness (QED) is 0.119. The zero-order valence-electron chi connectivity index (χ0n) is 29.7. The van der Waals surface area contributed by atoms with Gasteiger partial charge in [0, 0.05) is 19.1 Å². The second-order valence-electron chi connectivity index (χ2n) is 13.8. The van der Waals surface area contributed by atoms with Crippen LogP contribution >= 0.6 is 0 Å². The van der Waals surface area contributed by atoms with Gasteiger partial charge in [0.05, 0.1) is 32.6 Å². The lowest BCUT2D eigenvalue weighted by molar-refractivity contribution is -0.141. The molecule has 16 nitrogen and oxygen atoms in total. The van der Waals surface area contributed by atoms with E-state index in [1.54, 1.807) is 32.9 Å². The Hall–Kier alpha value is -4.38. The number of ether oxygens (including phenoxy) is 5. The van der Waals surface area contributed by atoms with E-state index in [0.29, 0.717) is 25.0 Å². The Morgan fingerprint density at radius 2 is 1.80 bits per heavy atom. The highest BCUT2D eigenvalue weighted by Gasteiger charge is 2.55. The number of methoxy groups -OCH3 is 2. The van der Waals surface area contributed by atoms with Crippen LogP contribution in [0.2, 0.25) is 0 Å². The third kappa shape index (κ3) is 10.6. The zero-order valence-corrected chi connectivity index (χ0v) is 30.5. The first-order valence-corrected chi connectivity index (χ1v) is 18.4. The summed E-state index contributed by atoms with van der Waals surface area (Å²) in [6.07, 6.45) is 1.31. The fourth-order valence-corrected chi connectivity index (χ4v) is 6.94. The van der Waals surface area contributed by atoms with Crippen molar-refractivity contribution in [2.45, 2.75) is 100 Å². The minimum absolute atomic E-state index is 0.0820. The number of carbonyl (C=O) groups excluding carboxylic acids is 5. The Morgan fingerprint density at radius 1 is 1.10 bits per heavy atom. The van der Waals surface area contributed by atoms with Gasteiger partial charge < -0.3 is 39.2 Å². The maximum absolute atomic E-state index is 14.2. The number of amides is 4. The van der Waals surface area contributed by atoms with Crippen molar-refractivity contribution in [2.75, 3.05) is 34.0 Å². The minimum Gasteiger partial charge on any atom is -0.497 e. The maximum Gasteiger partial charge on any atom is 0.408 e. The molecule has 4 amide bonds. The SMILES string of the molecule is C=CCOCCC[C@H](NC(=O)OC(C)(C)C)C(=O)N1C[C@H](OC(=O)c2ccc(OC)cc2OC)C[C@H]1C(=O)NC1(C(=O)NS(=O)(=O)C2CC2)CC1. The first-order chi connectivity index (χ1) is 24.0. The summed E-state index contributed by atoms with van der Waals surface area (Å²) >= 11 is 0. The summed E-state index contributed by atoms with van der Waals surface area (Å²) in [5.74, 6) is -2.40. The predicted molar refractivity (Wildman–Crippen MR) is 182 cm³/mol. The molecule has 1 heterocycles. The van der Waals surface area contributed by atoms with Crippen LogP contribution in [0.1, 0.15) is 76.1 Å². The van der Waals surface area contributed by atoms with E-state index in [1.165, 1.54) is 31.3 Å². The number of nitrogens with zero attached hydrogens (tertiary/aromatic N) is 1. The fourth-order valence-electron chi connectivity index (χ4n) is 5.56. The maximum atomic E-state index is 14.2. The summed E-state index contributed by atoms with van der Waals surface area (Å²) in [7, 11) is -1.04. The minimum atomic E-state index is -3.88. The predicted octanol–water partition coefficient (Wildman–Crippen LogP) is 1.96. The first-order valence-electron chi connectivity index (χ1n) is 16.8. The molecule has 3 fully saturated rings. The molecule has 0 unspecified atom stereocenters. The third-order valence-corrected chi connectivity index (χ3v) is 10.3. The second kappa shape index (κ2) is 16.3. The number of hydrogen-bond donors (Lipinski definition) is 3. The van der Waals surface area contributed by atoms with Crippen molar-refractivity contribution in [3.05, 3.63) is 36.4 Å². The molecular weight excluding hydrogens is 688 g/mol. The Labute approximate surface area is 297 Å². The molecule has 282 valence electrons. The van der Waals surface area contributed by atoms with Gasteiger partial charge in [0.25, 0.3) is 5.91 Å². The van der Waals surface area contributed by atoms with Crippen molar-refractivity contribution in [3.8, 4) is 11.5 Å². The van der Waals surface area contributed by atoms with Gasteiger partial charge in [0.15, 0.2) is 0 Å². The van der Waals surface area contributed by atoms with Crippen LogP contribution in [0.15, 0.2) is 30.9 Å². The molecule has 0 bridgehead atoms. The van der Waals surface area contributed by atoms with E-state index in [1.807, 2.05) is 0 Å². The summed E-state index contributed by atoms with van der Waals surface area (Å²) in [5.41, 5.74) is -2.26. The van der Waals surface area contributed by atoms with Crippen LogP contribution in [0.25, 0.3) is 0 Å². The highest BCUT2D eigenvalue weighted by molar-refractivity contribution is 7.91. The summed E-state index contributed by atoms with van der Waals surface area (Å²) in [6, 6.07) is 2.10. The molecule has 0 aromatic heterocycles. The van der Waals surface area contributed by atoms with E-state index in [4.69, 9.17) is 23.7 Å². The molecule has 1 aromatic rings. The van der Waals surface area contributed by atoms with Crippen LogP contribution in [0.5, 0.6) is 11.5 Å². The summed E-state index contributed by atoms with van der Waals surface area (Å²) in [5, 5.41) is 4.62. The number of sulfonamides is 1. The number of likely N-dealkylation sites (tertiary alicyclic amines) is 1. The Bertz CT molecular complexity index is 1600. The number of rotatable bonds is 17. The molecule has 2 aliphatic carbocycles. The van der Waals surface area contributed by atoms with Gasteiger partial charge in [-0.25, -0.2) is 18.0 Å². The van der Waals surface area contributed by atoms with E-state index in [-0.39, 0.29) is 56.8 Å². The number of hydrogen-bond acceptors (Lipinski definition) is 12. The highest BCUT2D eigenvalue weighted by Crippen LogP contribution is 2.38. The van der Waals surface area contributed by atoms with E-state index < -0.39 is 74.4 Å². The lowest BCUT2D eigenvalue weighted by Crippen LogP contribution is -2.58. The number of esters is 1. The van der Waals surface area contributed by atoms with Crippen molar-refractivity contribution in [2.24, 2.45) is 0 Å². The molecule has 0 radical (unpaired) electrons. The van der Waals surface area contributed by atoms with Crippen LogP contribution in [0, 0.1) is 0 Å². The molecule has 3 aliphatic rings. The normalized spacial score (nSPS) is 20.0. The Balaban J connectivity index is 1.57. The molecule has 0 spiro atoms. The summed E-state index contributed by atoms with van der Waals surface area (Å²) < 4.78 is 54.2. The summed E-state index contributed by atoms with van der Waals surface area (Å²) in [6.45, 7) is 8.93. The van der Waals surface area contributed by atoms with Crippen molar-refractivity contribution in [1.29, 1.82) is 0 Å². The highest BCUT2D eigenvalue weighted by atomic mass is 32.2. The zero-order chi connectivity index (χ0) is 37.6. The molecule has 51 heavy (non-hydrogen) atoms. The first kappa shape index (κ1) is 39.4. The largest absolute Gasteiger partial charge is 0.497 e. The molecule has 17 heteroatoms. The molecule has 3 N–H and O–H groups in total. The standard InChI is InChI=1S/C34H48N4O12S/c1-7-16-48-17-8-9-25(35-32(43)50-33(2,3)4)29(40)38-20-22(49-30(41)24-13-10-21(46-5)19-27(24)47-6)18-26(38)28(39)36-34(14-15-34)31(42)37-51(44,45)23-11-12-23/h7,10,13,19,22-23,25-26H,1,8-9,11-12,14-18,20H2,2-6H3,(H,35,43)(H,36,39)(H,37,42)/t22-,25+,26+/m1/s1.